The Morgan fingerprint density at radius 1 is 1.37 bits per heavy atom. The summed E-state index contributed by atoms with van der Waals surface area (Å²) in [5, 5.41) is 11.4. The molecule has 0 aromatic heterocycles. The predicted octanol–water partition coefficient (Wildman–Crippen LogP) is 2.76. The van der Waals surface area contributed by atoms with Crippen LogP contribution in [0.15, 0.2) is 0 Å². The average Bonchev–Trinajstić information content (AvgIpc) is 2.18. The maximum absolute atomic E-state index is 11.9. The minimum atomic E-state index is -4.27. The normalized spacial score (nSPS) is 14.1. The lowest BCUT2D eigenvalue weighted by molar-refractivity contribution is -0.0329. The molecule has 0 aromatic rings. The smallest absolute Gasteiger partial charge is 0.441 e. The van der Waals surface area contributed by atoms with E-state index in [9.17, 15) is 18.0 Å². The summed E-state index contributed by atoms with van der Waals surface area (Å²) >= 11 is -0.134. The summed E-state index contributed by atoms with van der Waals surface area (Å²) in [6, 6.07) is 0. The van der Waals surface area contributed by atoms with Gasteiger partial charge in [-0.2, -0.15) is 13.2 Å². The van der Waals surface area contributed by atoms with E-state index >= 15 is 0 Å². The number of halogens is 3. The van der Waals surface area contributed by atoms with Crippen LogP contribution < -0.4 is 5.32 Å². The van der Waals surface area contributed by atoms with Crippen molar-refractivity contribution in [2.75, 3.05) is 18.9 Å². The lowest BCUT2D eigenvalue weighted by Crippen LogP contribution is -2.36. The van der Waals surface area contributed by atoms with Crippen LogP contribution >= 0.6 is 11.8 Å². The van der Waals surface area contributed by atoms with Crippen LogP contribution in [0, 0.1) is 5.92 Å². The molecule has 0 rings (SSSR count). The van der Waals surface area contributed by atoms with E-state index < -0.39 is 23.1 Å². The van der Waals surface area contributed by atoms with Gasteiger partial charge in [-0.25, -0.2) is 4.79 Å². The number of alkyl carbamates (subject to hydrolysis) is 1. The summed E-state index contributed by atoms with van der Waals surface area (Å²) in [7, 11) is 0. The summed E-state index contributed by atoms with van der Waals surface area (Å²) in [5.41, 5.74) is -4.90. The van der Waals surface area contributed by atoms with Crippen LogP contribution in [0.2, 0.25) is 0 Å². The predicted molar refractivity (Wildman–Crippen MR) is 67.9 cm³/mol. The molecular weight excluding hydrogens is 283 g/mol. The van der Waals surface area contributed by atoms with Gasteiger partial charge in [0.2, 0.25) is 0 Å². The number of carbonyl (C=O) groups excluding carboxylic acids is 1. The zero-order chi connectivity index (χ0) is 15.1. The second-order valence-corrected chi connectivity index (χ2v) is 6.17. The van der Waals surface area contributed by atoms with E-state index in [-0.39, 0.29) is 37.1 Å². The Labute approximate surface area is 115 Å². The number of nitrogens with one attached hydrogen (secondary N) is 1. The first-order valence-corrected chi connectivity index (χ1v) is 6.80. The number of alkyl halides is 3. The van der Waals surface area contributed by atoms with Crippen LogP contribution in [-0.4, -0.2) is 41.2 Å². The maximum atomic E-state index is 11.9. The lowest BCUT2D eigenvalue weighted by Gasteiger charge is -2.21. The number of aliphatic hydroxyl groups excluding tert-OH is 1. The van der Waals surface area contributed by atoms with E-state index in [0.29, 0.717) is 0 Å². The molecule has 0 fully saturated rings. The maximum Gasteiger partial charge on any atom is 0.441 e. The monoisotopic (exact) mass is 303 g/mol. The summed E-state index contributed by atoms with van der Waals surface area (Å²) in [4.78, 5) is 11.3. The molecule has 0 saturated carbocycles. The molecule has 0 spiro atoms. The molecule has 0 heterocycles. The fraction of sp³-hybridized carbons (Fsp3) is 0.909. The second kappa shape index (κ2) is 7.84. The number of hydrogen-bond donors (Lipinski definition) is 2. The highest BCUT2D eigenvalue weighted by Crippen LogP contribution is 2.31. The standard InChI is InChI=1S/C11H20F3NO3S/c1-10(2,3)18-9(17)15-6-8(7-16)4-5-19-11(12,13)14/h8,16H,4-7H2,1-3H3,(H,15,17). The number of carbonyl (C=O) groups is 1. The average molecular weight is 303 g/mol. The molecule has 0 radical (unpaired) electrons. The van der Waals surface area contributed by atoms with E-state index in [1.54, 1.807) is 20.8 Å². The molecule has 0 bridgehead atoms. The van der Waals surface area contributed by atoms with E-state index in [4.69, 9.17) is 9.84 Å². The number of aliphatic hydroxyl groups is 1. The summed E-state index contributed by atoms with van der Waals surface area (Å²) in [6.07, 6.45) is -0.481. The fourth-order valence-corrected chi connectivity index (χ4v) is 1.82. The first-order chi connectivity index (χ1) is 8.53. The molecule has 1 amide bonds. The molecule has 0 saturated heterocycles. The van der Waals surface area contributed by atoms with Crippen molar-refractivity contribution in [1.82, 2.24) is 5.32 Å². The minimum Gasteiger partial charge on any atom is -0.444 e. The molecule has 4 nitrogen and oxygen atoms in total. The van der Waals surface area contributed by atoms with Crippen molar-refractivity contribution < 1.29 is 27.8 Å². The van der Waals surface area contributed by atoms with Gasteiger partial charge in [0.25, 0.3) is 0 Å². The van der Waals surface area contributed by atoms with Crippen LogP contribution in [0.3, 0.4) is 0 Å². The third kappa shape index (κ3) is 12.2. The Morgan fingerprint density at radius 3 is 2.37 bits per heavy atom. The fourth-order valence-electron chi connectivity index (χ4n) is 1.14. The third-order valence-electron chi connectivity index (χ3n) is 1.98. The molecule has 8 heteroatoms. The van der Waals surface area contributed by atoms with E-state index in [1.165, 1.54) is 0 Å². The van der Waals surface area contributed by atoms with Crippen molar-refractivity contribution in [2.24, 2.45) is 5.92 Å². The lowest BCUT2D eigenvalue weighted by atomic mass is 10.1. The quantitative estimate of drug-likeness (QED) is 0.792. The molecule has 2 N–H and O–H groups in total. The van der Waals surface area contributed by atoms with E-state index in [1.807, 2.05) is 0 Å². The van der Waals surface area contributed by atoms with Crippen molar-refractivity contribution in [3.05, 3.63) is 0 Å². The zero-order valence-electron chi connectivity index (χ0n) is 11.2. The Hall–Kier alpha value is -0.630. The Balaban J connectivity index is 3.91. The highest BCUT2D eigenvalue weighted by atomic mass is 32.2. The van der Waals surface area contributed by atoms with E-state index in [2.05, 4.69) is 5.32 Å². The van der Waals surface area contributed by atoms with E-state index in [0.717, 1.165) is 0 Å². The topological polar surface area (TPSA) is 58.6 Å². The minimum absolute atomic E-state index is 0.0871. The number of amides is 1. The van der Waals surface area contributed by atoms with Crippen molar-refractivity contribution in [2.45, 2.75) is 38.3 Å². The highest BCUT2D eigenvalue weighted by Gasteiger charge is 2.28. The molecular formula is C11H20F3NO3S. The van der Waals surface area contributed by atoms with Gasteiger partial charge in [0, 0.05) is 24.8 Å². The van der Waals surface area contributed by atoms with Gasteiger partial charge < -0.3 is 15.2 Å². The Morgan fingerprint density at radius 2 is 1.95 bits per heavy atom. The Bertz CT molecular complexity index is 279. The number of rotatable bonds is 6. The molecule has 0 aliphatic heterocycles. The summed E-state index contributed by atoms with van der Waals surface area (Å²) in [5.74, 6) is -0.563. The number of thioether (sulfide) groups is 1. The zero-order valence-corrected chi connectivity index (χ0v) is 12.0. The summed E-state index contributed by atoms with van der Waals surface area (Å²) in [6.45, 7) is 4.92. The largest absolute Gasteiger partial charge is 0.444 e. The van der Waals surface area contributed by atoms with Crippen molar-refractivity contribution >= 4 is 17.9 Å². The molecule has 1 atom stereocenters. The van der Waals surface area contributed by atoms with Crippen molar-refractivity contribution in [3.63, 3.8) is 0 Å². The van der Waals surface area contributed by atoms with Gasteiger partial charge in [-0.3, -0.25) is 0 Å². The summed E-state index contributed by atoms with van der Waals surface area (Å²) < 4.78 is 40.7. The first kappa shape index (κ1) is 18.4. The first-order valence-electron chi connectivity index (χ1n) is 5.82. The molecule has 0 aliphatic rings. The molecule has 0 aliphatic carbocycles. The van der Waals surface area contributed by atoms with Gasteiger partial charge in [0.1, 0.15) is 5.60 Å². The van der Waals surface area contributed by atoms with Gasteiger partial charge in [-0.05, 0) is 27.2 Å². The van der Waals surface area contributed by atoms with Crippen molar-refractivity contribution in [3.8, 4) is 0 Å². The molecule has 1 unspecified atom stereocenters. The van der Waals surface area contributed by atoms with Crippen LogP contribution in [0.4, 0.5) is 18.0 Å². The van der Waals surface area contributed by atoms with Crippen molar-refractivity contribution in [1.29, 1.82) is 0 Å². The SMILES string of the molecule is CC(C)(C)OC(=O)NCC(CO)CCSC(F)(F)F. The van der Waals surface area contributed by atoms with Crippen LogP contribution in [0.25, 0.3) is 0 Å². The molecule has 19 heavy (non-hydrogen) atoms. The van der Waals surface area contributed by atoms with Crippen LogP contribution in [-0.2, 0) is 4.74 Å². The molecule has 0 aromatic carbocycles. The Kier molecular flexibility index (Phi) is 7.58. The molecule has 114 valence electrons. The van der Waals surface area contributed by atoms with Gasteiger partial charge in [-0.15, -0.1) is 0 Å². The second-order valence-electron chi connectivity index (χ2n) is 5.01. The van der Waals surface area contributed by atoms with Gasteiger partial charge >= 0.3 is 11.6 Å². The van der Waals surface area contributed by atoms with Gasteiger partial charge in [0.15, 0.2) is 0 Å². The van der Waals surface area contributed by atoms with Crippen LogP contribution in [0.5, 0.6) is 0 Å². The third-order valence-corrected chi connectivity index (χ3v) is 2.75. The van der Waals surface area contributed by atoms with Gasteiger partial charge in [-0.1, -0.05) is 11.8 Å². The number of ether oxygens (including phenoxy) is 1. The van der Waals surface area contributed by atoms with Gasteiger partial charge in [0.05, 0.1) is 0 Å². The highest BCUT2D eigenvalue weighted by molar-refractivity contribution is 8.00. The number of hydrogen-bond acceptors (Lipinski definition) is 4. The van der Waals surface area contributed by atoms with Crippen LogP contribution in [0.1, 0.15) is 27.2 Å².